The molecule has 0 aliphatic carbocycles. The quantitative estimate of drug-likeness (QED) is 0.851. The molecule has 4 heteroatoms. The maximum absolute atomic E-state index is 13.9. The maximum Gasteiger partial charge on any atom is 0.173 e. The lowest BCUT2D eigenvalue weighted by molar-refractivity contribution is 0.0713. The van der Waals surface area contributed by atoms with E-state index in [-0.39, 0.29) is 11.3 Å². The van der Waals surface area contributed by atoms with E-state index in [0.29, 0.717) is 11.6 Å². The highest BCUT2D eigenvalue weighted by Gasteiger charge is 2.39. The van der Waals surface area contributed by atoms with Crippen LogP contribution in [0.4, 0.5) is 4.39 Å². The molecule has 1 unspecified atom stereocenters. The Kier molecular flexibility index (Phi) is 4.58. The second-order valence-corrected chi connectivity index (χ2v) is 5.70. The normalized spacial score (nSPS) is 23.3. The van der Waals surface area contributed by atoms with Gasteiger partial charge in [-0.1, -0.05) is 24.9 Å². The molecule has 1 saturated heterocycles. The van der Waals surface area contributed by atoms with Crippen molar-refractivity contribution in [2.24, 2.45) is 5.41 Å². The third kappa shape index (κ3) is 2.98. The van der Waals surface area contributed by atoms with Crippen molar-refractivity contribution in [3.8, 4) is 0 Å². The Morgan fingerprint density at radius 1 is 1.53 bits per heavy atom. The molecule has 2 rings (SSSR count). The van der Waals surface area contributed by atoms with Crippen LogP contribution in [0.5, 0.6) is 0 Å². The first kappa shape index (κ1) is 14.5. The smallest absolute Gasteiger partial charge is 0.173 e. The molecule has 19 heavy (non-hydrogen) atoms. The zero-order chi connectivity index (χ0) is 13.9. The summed E-state index contributed by atoms with van der Waals surface area (Å²) in [5.41, 5.74) is -0.289. The van der Waals surface area contributed by atoms with Crippen molar-refractivity contribution >= 4 is 17.4 Å². The van der Waals surface area contributed by atoms with Crippen LogP contribution in [0.1, 0.15) is 43.0 Å². The average molecular weight is 284 g/mol. The highest BCUT2D eigenvalue weighted by molar-refractivity contribution is 6.30. The van der Waals surface area contributed by atoms with Crippen molar-refractivity contribution in [2.45, 2.75) is 32.6 Å². The largest absolute Gasteiger partial charge is 0.316 e. The fraction of sp³-hybridized carbons (Fsp3) is 0.533. The van der Waals surface area contributed by atoms with Crippen molar-refractivity contribution < 1.29 is 9.18 Å². The van der Waals surface area contributed by atoms with Crippen LogP contribution in [0.3, 0.4) is 0 Å². The molecule has 1 aromatic rings. The summed E-state index contributed by atoms with van der Waals surface area (Å²) in [7, 11) is 0. The molecule has 0 spiro atoms. The third-order valence-corrected chi connectivity index (χ3v) is 4.09. The van der Waals surface area contributed by atoms with E-state index in [9.17, 15) is 9.18 Å². The van der Waals surface area contributed by atoms with Crippen LogP contribution in [-0.2, 0) is 0 Å². The second kappa shape index (κ2) is 6.02. The van der Waals surface area contributed by atoms with Crippen LogP contribution in [0.15, 0.2) is 18.2 Å². The predicted octanol–water partition coefficient (Wildman–Crippen LogP) is 3.83. The minimum absolute atomic E-state index is 0.0873. The van der Waals surface area contributed by atoms with Crippen molar-refractivity contribution in [3.63, 3.8) is 0 Å². The van der Waals surface area contributed by atoms with E-state index in [1.165, 1.54) is 12.1 Å². The molecule has 1 aromatic carbocycles. The van der Waals surface area contributed by atoms with Crippen LogP contribution in [0, 0.1) is 11.2 Å². The number of ketones is 1. The number of hydrogen-bond donors (Lipinski definition) is 1. The van der Waals surface area contributed by atoms with E-state index in [0.717, 1.165) is 32.2 Å². The first-order valence-corrected chi connectivity index (χ1v) is 7.17. The van der Waals surface area contributed by atoms with Gasteiger partial charge in [-0.15, -0.1) is 0 Å². The Morgan fingerprint density at radius 2 is 2.32 bits per heavy atom. The molecule has 0 bridgehead atoms. The Morgan fingerprint density at radius 3 is 2.89 bits per heavy atom. The van der Waals surface area contributed by atoms with Gasteiger partial charge in [-0.3, -0.25) is 4.79 Å². The first-order valence-electron chi connectivity index (χ1n) is 6.79. The Labute approximate surface area is 118 Å². The van der Waals surface area contributed by atoms with Gasteiger partial charge in [-0.25, -0.2) is 4.39 Å². The molecule has 1 N–H and O–H groups in total. The second-order valence-electron chi connectivity index (χ2n) is 5.26. The van der Waals surface area contributed by atoms with E-state index >= 15 is 0 Å². The van der Waals surface area contributed by atoms with Gasteiger partial charge in [0.2, 0.25) is 0 Å². The van der Waals surface area contributed by atoms with Gasteiger partial charge in [0.25, 0.3) is 0 Å². The molecule has 0 aromatic heterocycles. The Hall–Kier alpha value is -0.930. The van der Waals surface area contributed by atoms with E-state index in [2.05, 4.69) is 12.2 Å². The van der Waals surface area contributed by atoms with E-state index < -0.39 is 11.2 Å². The average Bonchev–Trinajstić information content (AvgIpc) is 2.39. The number of piperidine rings is 1. The molecular formula is C15H19ClFNO. The molecule has 1 aliphatic rings. The summed E-state index contributed by atoms with van der Waals surface area (Å²) in [5, 5.41) is 3.59. The number of nitrogens with one attached hydrogen (secondary N) is 1. The number of carbonyl (C=O) groups is 1. The van der Waals surface area contributed by atoms with Crippen LogP contribution in [0.25, 0.3) is 0 Å². The van der Waals surface area contributed by atoms with Crippen LogP contribution < -0.4 is 5.32 Å². The molecule has 0 saturated carbocycles. The van der Waals surface area contributed by atoms with Gasteiger partial charge in [0, 0.05) is 17.0 Å². The van der Waals surface area contributed by atoms with Gasteiger partial charge in [-0.05, 0) is 44.0 Å². The molecule has 0 amide bonds. The number of halogens is 2. The van der Waals surface area contributed by atoms with Gasteiger partial charge in [0.1, 0.15) is 5.82 Å². The topological polar surface area (TPSA) is 29.1 Å². The fourth-order valence-electron chi connectivity index (χ4n) is 2.93. The zero-order valence-corrected chi connectivity index (χ0v) is 11.9. The number of carbonyl (C=O) groups excluding carboxylic acids is 1. The maximum atomic E-state index is 13.9. The molecule has 1 aliphatic heterocycles. The van der Waals surface area contributed by atoms with Gasteiger partial charge in [0.05, 0.1) is 5.56 Å². The van der Waals surface area contributed by atoms with Crippen LogP contribution >= 0.6 is 11.6 Å². The summed E-state index contributed by atoms with van der Waals surface area (Å²) in [4.78, 5) is 12.7. The minimum Gasteiger partial charge on any atom is -0.316 e. The molecule has 0 radical (unpaired) electrons. The number of rotatable bonds is 4. The summed E-state index contributed by atoms with van der Waals surface area (Å²) in [6.07, 6.45) is 3.50. The predicted molar refractivity (Wildman–Crippen MR) is 75.2 cm³/mol. The summed E-state index contributed by atoms with van der Waals surface area (Å²) in [6, 6.07) is 4.30. The molecule has 1 fully saturated rings. The monoisotopic (exact) mass is 283 g/mol. The molecule has 104 valence electrons. The molecule has 1 atom stereocenters. The zero-order valence-electron chi connectivity index (χ0n) is 11.1. The standard InChI is InChI=1S/C15H19ClFNO/c1-2-6-15(7-3-8-18-10-15)14(19)12-5-4-11(16)9-13(12)17/h4-5,9,18H,2-3,6-8,10H2,1H3. The molecule has 2 nitrogen and oxygen atoms in total. The van der Waals surface area contributed by atoms with Gasteiger partial charge >= 0.3 is 0 Å². The summed E-state index contributed by atoms with van der Waals surface area (Å²) in [5.74, 6) is -0.603. The first-order chi connectivity index (χ1) is 9.09. The Bertz CT molecular complexity index is 464. The highest BCUT2D eigenvalue weighted by Crippen LogP contribution is 2.36. The summed E-state index contributed by atoms with van der Waals surface area (Å²) < 4.78 is 13.9. The van der Waals surface area contributed by atoms with Crippen LogP contribution in [0.2, 0.25) is 5.02 Å². The van der Waals surface area contributed by atoms with Gasteiger partial charge < -0.3 is 5.32 Å². The van der Waals surface area contributed by atoms with E-state index in [4.69, 9.17) is 11.6 Å². The summed E-state index contributed by atoms with van der Waals surface area (Å²) in [6.45, 7) is 3.63. The van der Waals surface area contributed by atoms with Gasteiger partial charge in [0.15, 0.2) is 5.78 Å². The van der Waals surface area contributed by atoms with Gasteiger partial charge in [-0.2, -0.15) is 0 Å². The number of Topliss-reactive ketones (excluding diaryl/α,β-unsaturated/α-hetero) is 1. The molecular weight excluding hydrogens is 265 g/mol. The van der Waals surface area contributed by atoms with Crippen LogP contribution in [-0.4, -0.2) is 18.9 Å². The van der Waals surface area contributed by atoms with Crippen molar-refractivity contribution in [3.05, 3.63) is 34.6 Å². The number of benzene rings is 1. The third-order valence-electron chi connectivity index (χ3n) is 3.86. The SMILES string of the molecule is CCCC1(C(=O)c2ccc(Cl)cc2F)CCCNC1. The van der Waals surface area contributed by atoms with E-state index in [1.807, 2.05) is 0 Å². The van der Waals surface area contributed by atoms with Crippen molar-refractivity contribution in [1.82, 2.24) is 5.32 Å². The van der Waals surface area contributed by atoms with E-state index in [1.54, 1.807) is 6.07 Å². The minimum atomic E-state index is -0.515. The lowest BCUT2D eigenvalue weighted by atomic mass is 9.71. The lowest BCUT2D eigenvalue weighted by Crippen LogP contribution is -2.45. The Balaban J connectivity index is 2.33. The van der Waals surface area contributed by atoms with Crippen molar-refractivity contribution in [1.29, 1.82) is 0 Å². The highest BCUT2D eigenvalue weighted by atomic mass is 35.5. The summed E-state index contributed by atoms with van der Waals surface area (Å²) >= 11 is 5.74. The van der Waals surface area contributed by atoms with Crippen molar-refractivity contribution in [2.75, 3.05) is 13.1 Å². The molecule has 1 heterocycles. The lowest BCUT2D eigenvalue weighted by Gasteiger charge is -2.36. The fourth-order valence-corrected chi connectivity index (χ4v) is 3.09. The number of hydrogen-bond acceptors (Lipinski definition) is 2.